The van der Waals surface area contributed by atoms with Crippen LogP contribution in [0.3, 0.4) is 0 Å². The van der Waals surface area contributed by atoms with Gasteiger partial charge in [-0.1, -0.05) is 18.2 Å². The third-order valence-electron chi connectivity index (χ3n) is 4.73. The summed E-state index contributed by atoms with van der Waals surface area (Å²) in [6.07, 6.45) is 1.37. The average Bonchev–Trinajstić information content (AvgIpc) is 3.18. The number of nitrogens with zero attached hydrogens (tertiary/aromatic N) is 1. The van der Waals surface area contributed by atoms with Gasteiger partial charge in [-0.3, -0.25) is 9.59 Å². The van der Waals surface area contributed by atoms with Crippen molar-refractivity contribution >= 4 is 40.1 Å². The Morgan fingerprint density at radius 3 is 2.57 bits per heavy atom. The summed E-state index contributed by atoms with van der Waals surface area (Å²) in [4.78, 5) is 49.7. The van der Waals surface area contributed by atoms with Gasteiger partial charge in [0.1, 0.15) is 11.1 Å². The SMILES string of the molecule is O=C(COC(=O)c1cc2ccccc2oc1=O)Nc1ccc(N2CCCC2=O)cc1. The number of hydrogen-bond donors (Lipinski definition) is 1. The second-order valence-corrected chi connectivity index (χ2v) is 6.81. The molecule has 0 radical (unpaired) electrons. The highest BCUT2D eigenvalue weighted by atomic mass is 16.5. The topological polar surface area (TPSA) is 106 Å². The molecule has 30 heavy (non-hydrogen) atoms. The van der Waals surface area contributed by atoms with E-state index in [4.69, 9.17) is 9.15 Å². The number of carbonyl (C=O) groups excluding carboxylic acids is 3. The molecule has 1 N–H and O–H groups in total. The van der Waals surface area contributed by atoms with Gasteiger partial charge in [-0.2, -0.15) is 0 Å². The molecule has 0 spiro atoms. The van der Waals surface area contributed by atoms with Gasteiger partial charge >= 0.3 is 11.6 Å². The van der Waals surface area contributed by atoms with E-state index in [1.165, 1.54) is 6.07 Å². The molecule has 0 bridgehead atoms. The first-order valence-corrected chi connectivity index (χ1v) is 9.41. The van der Waals surface area contributed by atoms with Crippen LogP contribution < -0.4 is 15.8 Å². The Morgan fingerprint density at radius 2 is 1.83 bits per heavy atom. The van der Waals surface area contributed by atoms with E-state index < -0.39 is 24.1 Å². The molecule has 2 heterocycles. The van der Waals surface area contributed by atoms with E-state index in [0.717, 1.165) is 12.1 Å². The van der Waals surface area contributed by atoms with Crippen molar-refractivity contribution in [2.24, 2.45) is 0 Å². The van der Waals surface area contributed by atoms with Crippen molar-refractivity contribution in [3.05, 3.63) is 70.6 Å². The van der Waals surface area contributed by atoms with Crippen LogP contribution in [0.4, 0.5) is 11.4 Å². The molecule has 1 saturated heterocycles. The molecule has 0 unspecified atom stereocenters. The van der Waals surface area contributed by atoms with Crippen molar-refractivity contribution in [2.45, 2.75) is 12.8 Å². The number of rotatable bonds is 5. The van der Waals surface area contributed by atoms with Crippen molar-refractivity contribution in [3.8, 4) is 0 Å². The van der Waals surface area contributed by atoms with Crippen LogP contribution in [0.1, 0.15) is 23.2 Å². The van der Waals surface area contributed by atoms with Gasteiger partial charge in [-0.05, 0) is 42.8 Å². The lowest BCUT2D eigenvalue weighted by Crippen LogP contribution is -2.24. The van der Waals surface area contributed by atoms with E-state index in [-0.39, 0.29) is 11.5 Å². The molecule has 1 aliphatic rings. The van der Waals surface area contributed by atoms with Gasteiger partial charge in [0, 0.05) is 29.7 Å². The molecule has 3 aromatic rings. The summed E-state index contributed by atoms with van der Waals surface area (Å²) in [5, 5.41) is 3.17. The minimum Gasteiger partial charge on any atom is -0.452 e. The Hall–Kier alpha value is -3.94. The minimum atomic E-state index is -0.937. The fourth-order valence-corrected chi connectivity index (χ4v) is 3.26. The Labute approximate surface area is 171 Å². The molecule has 2 aromatic carbocycles. The van der Waals surface area contributed by atoms with Gasteiger partial charge in [-0.25, -0.2) is 9.59 Å². The van der Waals surface area contributed by atoms with Crippen LogP contribution in [0.15, 0.2) is 63.8 Å². The fourth-order valence-electron chi connectivity index (χ4n) is 3.26. The van der Waals surface area contributed by atoms with Gasteiger partial charge in [0.05, 0.1) is 0 Å². The summed E-state index contributed by atoms with van der Waals surface area (Å²) in [5.41, 5.74) is 0.518. The molecule has 0 saturated carbocycles. The number of hydrogen-bond acceptors (Lipinski definition) is 6. The minimum absolute atomic E-state index is 0.0804. The highest BCUT2D eigenvalue weighted by molar-refractivity contribution is 5.98. The van der Waals surface area contributed by atoms with Gasteiger partial charge < -0.3 is 19.4 Å². The Balaban J connectivity index is 1.35. The van der Waals surface area contributed by atoms with Gasteiger partial charge in [0.15, 0.2) is 6.61 Å². The summed E-state index contributed by atoms with van der Waals surface area (Å²) < 4.78 is 10.0. The molecule has 152 valence electrons. The second kappa shape index (κ2) is 8.20. The highest BCUT2D eigenvalue weighted by Crippen LogP contribution is 2.23. The first-order chi connectivity index (χ1) is 14.5. The van der Waals surface area contributed by atoms with E-state index in [9.17, 15) is 19.2 Å². The number of carbonyl (C=O) groups is 3. The largest absolute Gasteiger partial charge is 0.452 e. The molecular formula is C22H18N2O6. The molecular weight excluding hydrogens is 388 g/mol. The second-order valence-electron chi connectivity index (χ2n) is 6.81. The third-order valence-corrected chi connectivity index (χ3v) is 4.73. The predicted octanol–water partition coefficient (Wildman–Crippen LogP) is 2.72. The van der Waals surface area contributed by atoms with Crippen LogP contribution in [-0.4, -0.2) is 30.9 Å². The van der Waals surface area contributed by atoms with Crippen LogP contribution in [0, 0.1) is 0 Å². The average molecular weight is 406 g/mol. The van der Waals surface area contributed by atoms with Crippen molar-refractivity contribution in [1.82, 2.24) is 0 Å². The maximum absolute atomic E-state index is 12.2. The zero-order valence-electron chi connectivity index (χ0n) is 15.9. The van der Waals surface area contributed by atoms with E-state index >= 15 is 0 Å². The van der Waals surface area contributed by atoms with Crippen LogP contribution in [0.2, 0.25) is 0 Å². The summed E-state index contributed by atoms with van der Waals surface area (Å²) in [5.74, 6) is -1.41. The maximum atomic E-state index is 12.2. The molecule has 1 fully saturated rings. The number of esters is 1. The maximum Gasteiger partial charge on any atom is 0.351 e. The Kier molecular flexibility index (Phi) is 5.30. The first-order valence-electron chi connectivity index (χ1n) is 9.41. The molecule has 0 aliphatic carbocycles. The Morgan fingerprint density at radius 1 is 1.07 bits per heavy atom. The van der Waals surface area contributed by atoms with Crippen LogP contribution >= 0.6 is 0 Å². The van der Waals surface area contributed by atoms with Crippen LogP contribution in [0.25, 0.3) is 11.0 Å². The lowest BCUT2D eigenvalue weighted by Gasteiger charge is -2.16. The lowest BCUT2D eigenvalue weighted by atomic mass is 10.2. The lowest BCUT2D eigenvalue weighted by molar-refractivity contribution is -0.119. The quantitative estimate of drug-likeness (QED) is 0.516. The number of ether oxygens (including phenoxy) is 1. The third kappa shape index (κ3) is 4.07. The monoisotopic (exact) mass is 406 g/mol. The number of amides is 2. The smallest absolute Gasteiger partial charge is 0.351 e. The van der Waals surface area contributed by atoms with Gasteiger partial charge in [0.2, 0.25) is 5.91 Å². The number of benzene rings is 2. The van der Waals surface area contributed by atoms with Crippen molar-refractivity contribution in [1.29, 1.82) is 0 Å². The molecule has 0 atom stereocenters. The zero-order chi connectivity index (χ0) is 21.1. The molecule has 8 heteroatoms. The number of anilines is 2. The van der Waals surface area contributed by atoms with Crippen molar-refractivity contribution < 1.29 is 23.5 Å². The number of fused-ring (bicyclic) bond motifs is 1. The fraction of sp³-hybridized carbons (Fsp3) is 0.182. The standard InChI is InChI=1S/C22H18N2O6/c25-19(23-15-7-9-16(10-8-15)24-11-3-6-20(24)26)13-29-21(27)17-12-14-4-1-2-5-18(14)30-22(17)28/h1-2,4-5,7-10,12H,3,6,11,13H2,(H,23,25). The van der Waals surface area contributed by atoms with Crippen LogP contribution in [0.5, 0.6) is 0 Å². The number of para-hydroxylation sites is 1. The number of nitrogens with one attached hydrogen (secondary N) is 1. The van der Waals surface area contributed by atoms with Crippen LogP contribution in [-0.2, 0) is 14.3 Å². The van der Waals surface area contributed by atoms with Crippen molar-refractivity contribution in [2.75, 3.05) is 23.4 Å². The highest BCUT2D eigenvalue weighted by Gasteiger charge is 2.21. The molecule has 1 aliphatic heterocycles. The summed E-state index contributed by atoms with van der Waals surface area (Å²) in [7, 11) is 0. The first kappa shape index (κ1) is 19.4. The zero-order valence-corrected chi connectivity index (χ0v) is 15.9. The van der Waals surface area contributed by atoms with Gasteiger partial charge in [0.25, 0.3) is 5.91 Å². The van der Waals surface area contributed by atoms with E-state index in [2.05, 4.69) is 5.32 Å². The summed E-state index contributed by atoms with van der Waals surface area (Å²) in [6.45, 7) is 0.126. The van der Waals surface area contributed by atoms with E-state index in [1.54, 1.807) is 53.4 Å². The Bertz CT molecular complexity index is 1180. The van der Waals surface area contributed by atoms with Crippen molar-refractivity contribution in [3.63, 3.8) is 0 Å². The molecule has 1 aromatic heterocycles. The summed E-state index contributed by atoms with van der Waals surface area (Å²) in [6, 6.07) is 15.0. The predicted molar refractivity (Wildman–Crippen MR) is 109 cm³/mol. The normalized spacial score (nSPS) is 13.5. The molecule has 8 nitrogen and oxygen atoms in total. The van der Waals surface area contributed by atoms with E-state index in [0.29, 0.717) is 29.6 Å². The molecule has 2 amide bonds. The van der Waals surface area contributed by atoms with E-state index in [1.807, 2.05) is 0 Å². The summed E-state index contributed by atoms with van der Waals surface area (Å²) >= 11 is 0. The van der Waals surface area contributed by atoms with Gasteiger partial charge in [-0.15, -0.1) is 0 Å². The molecule has 4 rings (SSSR count).